The molecule has 1 aromatic carbocycles. The molecule has 0 aromatic heterocycles. The van der Waals surface area contributed by atoms with Crippen molar-refractivity contribution in [2.75, 3.05) is 39.6 Å². The minimum absolute atomic E-state index is 0.658. The molecule has 0 heterocycles. The number of likely N-dealkylation sites (N-methyl/N-ethyl adjacent to an activating group) is 1. The van der Waals surface area contributed by atoms with Crippen LogP contribution in [0.15, 0.2) is 24.3 Å². The molecular formula is C12H20N2O. The highest BCUT2D eigenvalue weighted by Gasteiger charge is 1.99. The number of rotatable bonds is 6. The molecule has 0 aliphatic heterocycles. The van der Waals surface area contributed by atoms with E-state index in [4.69, 9.17) is 4.74 Å². The smallest absolute Gasteiger partial charge is 0.0733 e. The number of hydrogen-bond donors (Lipinski definition) is 1. The molecule has 3 nitrogen and oxygen atoms in total. The Labute approximate surface area is 92.0 Å². The van der Waals surface area contributed by atoms with E-state index in [1.54, 1.807) is 7.11 Å². The molecule has 0 amide bonds. The maximum Gasteiger partial charge on any atom is 0.0733 e. The summed E-state index contributed by atoms with van der Waals surface area (Å²) in [5, 5.41) is 3.41. The van der Waals surface area contributed by atoms with E-state index in [-0.39, 0.29) is 0 Å². The largest absolute Gasteiger partial charge is 0.383 e. The molecule has 0 radical (unpaired) electrons. The van der Waals surface area contributed by atoms with Crippen LogP contribution >= 0.6 is 0 Å². The molecule has 0 bridgehead atoms. The molecule has 0 fully saturated rings. The number of methoxy groups -OCH3 is 1. The molecule has 0 atom stereocenters. The predicted molar refractivity (Wildman–Crippen MR) is 64.2 cm³/mol. The van der Waals surface area contributed by atoms with Crippen LogP contribution in [-0.4, -0.2) is 39.2 Å². The van der Waals surface area contributed by atoms with Crippen molar-refractivity contribution in [2.45, 2.75) is 6.61 Å². The lowest BCUT2D eigenvalue weighted by Gasteiger charge is -2.14. The highest BCUT2D eigenvalue weighted by Crippen LogP contribution is 2.15. The molecule has 84 valence electrons. The Balaban J connectivity index is 2.51. The van der Waals surface area contributed by atoms with Crippen LogP contribution in [0.4, 0.5) is 5.69 Å². The highest BCUT2D eigenvalue weighted by atomic mass is 16.5. The first-order chi connectivity index (χ1) is 7.24. The molecule has 0 aliphatic carbocycles. The summed E-state index contributed by atoms with van der Waals surface area (Å²) in [6.45, 7) is 2.64. The van der Waals surface area contributed by atoms with Crippen molar-refractivity contribution in [3.05, 3.63) is 29.8 Å². The van der Waals surface area contributed by atoms with E-state index in [1.165, 1.54) is 11.3 Å². The zero-order chi connectivity index (χ0) is 11.1. The third-order valence-corrected chi connectivity index (χ3v) is 2.19. The Hall–Kier alpha value is -1.06. The van der Waals surface area contributed by atoms with Gasteiger partial charge in [-0.25, -0.2) is 0 Å². The SMILES string of the molecule is COCc1ccccc1NCCN(C)C. The second kappa shape index (κ2) is 6.43. The first kappa shape index (κ1) is 12.0. The Morgan fingerprint density at radius 3 is 2.67 bits per heavy atom. The van der Waals surface area contributed by atoms with Gasteiger partial charge in [0.2, 0.25) is 0 Å². The summed E-state index contributed by atoms with van der Waals surface area (Å²) in [5.74, 6) is 0. The summed E-state index contributed by atoms with van der Waals surface area (Å²) in [6, 6.07) is 8.24. The molecule has 0 aliphatic rings. The molecule has 0 saturated heterocycles. The van der Waals surface area contributed by atoms with Gasteiger partial charge in [0.15, 0.2) is 0 Å². The van der Waals surface area contributed by atoms with Gasteiger partial charge in [-0.15, -0.1) is 0 Å². The molecule has 1 rings (SSSR count). The number of hydrogen-bond acceptors (Lipinski definition) is 3. The van der Waals surface area contributed by atoms with Crippen molar-refractivity contribution in [1.29, 1.82) is 0 Å². The van der Waals surface area contributed by atoms with Crippen molar-refractivity contribution >= 4 is 5.69 Å². The lowest BCUT2D eigenvalue weighted by Crippen LogP contribution is -2.21. The zero-order valence-corrected chi connectivity index (χ0v) is 9.79. The second-order valence-corrected chi connectivity index (χ2v) is 3.82. The van der Waals surface area contributed by atoms with Gasteiger partial charge in [0.05, 0.1) is 6.61 Å². The molecule has 0 saturated carbocycles. The summed E-state index contributed by atoms with van der Waals surface area (Å²) in [7, 11) is 5.86. The van der Waals surface area contributed by atoms with Gasteiger partial charge in [-0.3, -0.25) is 0 Å². The number of anilines is 1. The zero-order valence-electron chi connectivity index (χ0n) is 9.79. The molecule has 0 spiro atoms. The molecule has 3 heteroatoms. The van der Waals surface area contributed by atoms with E-state index in [9.17, 15) is 0 Å². The summed E-state index contributed by atoms with van der Waals surface area (Å²) in [6.07, 6.45) is 0. The van der Waals surface area contributed by atoms with Gasteiger partial charge in [0.1, 0.15) is 0 Å². The van der Waals surface area contributed by atoms with Crippen LogP contribution < -0.4 is 5.32 Å². The van der Waals surface area contributed by atoms with Crippen LogP contribution in [0.3, 0.4) is 0 Å². The van der Waals surface area contributed by atoms with Gasteiger partial charge in [0, 0.05) is 31.5 Å². The van der Waals surface area contributed by atoms with Gasteiger partial charge in [-0.1, -0.05) is 18.2 Å². The Kier molecular flexibility index (Phi) is 5.15. The summed E-state index contributed by atoms with van der Waals surface area (Å²) >= 11 is 0. The van der Waals surface area contributed by atoms with Crippen LogP contribution in [0.25, 0.3) is 0 Å². The molecule has 0 unspecified atom stereocenters. The fourth-order valence-electron chi connectivity index (χ4n) is 1.39. The third kappa shape index (κ3) is 4.32. The fraction of sp³-hybridized carbons (Fsp3) is 0.500. The maximum atomic E-state index is 5.15. The molecular weight excluding hydrogens is 188 g/mol. The standard InChI is InChI=1S/C12H20N2O/c1-14(2)9-8-13-12-7-5-4-6-11(12)10-15-3/h4-7,13H,8-10H2,1-3H3. The first-order valence-electron chi connectivity index (χ1n) is 5.19. The number of ether oxygens (including phenoxy) is 1. The quantitative estimate of drug-likeness (QED) is 0.771. The number of para-hydroxylation sites is 1. The van der Waals surface area contributed by atoms with Gasteiger partial charge >= 0.3 is 0 Å². The van der Waals surface area contributed by atoms with Crippen LogP contribution in [0.2, 0.25) is 0 Å². The van der Waals surface area contributed by atoms with E-state index in [0.717, 1.165) is 13.1 Å². The average molecular weight is 208 g/mol. The van der Waals surface area contributed by atoms with Crippen LogP contribution in [0, 0.1) is 0 Å². The Morgan fingerprint density at radius 2 is 2.00 bits per heavy atom. The van der Waals surface area contributed by atoms with Crippen LogP contribution in [0.5, 0.6) is 0 Å². The van der Waals surface area contributed by atoms with E-state index in [1.807, 2.05) is 12.1 Å². The molecule has 1 N–H and O–H groups in total. The van der Waals surface area contributed by atoms with E-state index < -0.39 is 0 Å². The van der Waals surface area contributed by atoms with Crippen molar-refractivity contribution in [3.63, 3.8) is 0 Å². The first-order valence-corrected chi connectivity index (χ1v) is 5.19. The minimum atomic E-state index is 0.658. The topological polar surface area (TPSA) is 24.5 Å². The Morgan fingerprint density at radius 1 is 1.27 bits per heavy atom. The lowest BCUT2D eigenvalue weighted by molar-refractivity contribution is 0.185. The summed E-state index contributed by atoms with van der Waals surface area (Å²) in [4.78, 5) is 2.16. The lowest BCUT2D eigenvalue weighted by atomic mass is 10.2. The number of nitrogens with one attached hydrogen (secondary N) is 1. The third-order valence-electron chi connectivity index (χ3n) is 2.19. The van der Waals surface area contributed by atoms with Crippen LogP contribution in [0.1, 0.15) is 5.56 Å². The van der Waals surface area contributed by atoms with Gasteiger partial charge in [-0.2, -0.15) is 0 Å². The minimum Gasteiger partial charge on any atom is -0.383 e. The highest BCUT2D eigenvalue weighted by molar-refractivity contribution is 5.50. The fourth-order valence-corrected chi connectivity index (χ4v) is 1.39. The predicted octanol–water partition coefficient (Wildman–Crippen LogP) is 1.81. The Bertz CT molecular complexity index is 287. The normalized spacial score (nSPS) is 10.7. The van der Waals surface area contributed by atoms with Crippen molar-refractivity contribution in [2.24, 2.45) is 0 Å². The van der Waals surface area contributed by atoms with Crippen LogP contribution in [-0.2, 0) is 11.3 Å². The second-order valence-electron chi connectivity index (χ2n) is 3.82. The van der Waals surface area contributed by atoms with Crippen molar-refractivity contribution in [3.8, 4) is 0 Å². The van der Waals surface area contributed by atoms with E-state index >= 15 is 0 Å². The molecule has 1 aromatic rings. The van der Waals surface area contributed by atoms with Gasteiger partial charge in [-0.05, 0) is 20.2 Å². The van der Waals surface area contributed by atoms with Crippen molar-refractivity contribution < 1.29 is 4.74 Å². The van der Waals surface area contributed by atoms with Crippen molar-refractivity contribution in [1.82, 2.24) is 4.90 Å². The number of nitrogens with zero attached hydrogens (tertiary/aromatic N) is 1. The molecule has 15 heavy (non-hydrogen) atoms. The average Bonchev–Trinajstić information content (AvgIpc) is 2.20. The summed E-state index contributed by atoms with van der Waals surface area (Å²) < 4.78 is 5.15. The summed E-state index contributed by atoms with van der Waals surface area (Å²) in [5.41, 5.74) is 2.37. The van der Waals surface area contributed by atoms with E-state index in [2.05, 4.69) is 36.4 Å². The monoisotopic (exact) mass is 208 g/mol. The van der Waals surface area contributed by atoms with Gasteiger partial charge in [0.25, 0.3) is 0 Å². The number of benzene rings is 1. The van der Waals surface area contributed by atoms with E-state index in [0.29, 0.717) is 6.61 Å². The maximum absolute atomic E-state index is 5.15. The van der Waals surface area contributed by atoms with Gasteiger partial charge < -0.3 is 15.0 Å².